The molecule has 1 rings (SSSR count). The van der Waals surface area contributed by atoms with E-state index in [1.807, 2.05) is 18.2 Å². The fraction of sp³-hybridized carbons (Fsp3) is 0.300. The molecule has 14 heavy (non-hydrogen) atoms. The topological polar surface area (TPSA) is 70.0 Å². The molecule has 4 heteroatoms. The van der Waals surface area contributed by atoms with E-state index in [9.17, 15) is 0 Å². The first kappa shape index (κ1) is 11.2. The molecular weight excluding hydrogens is 244 g/mol. The SMILES string of the molecule is N#CC[C@H](N)c1cc(Br)ccc1CO. The molecule has 0 aliphatic carbocycles. The molecule has 3 nitrogen and oxygen atoms in total. The zero-order valence-corrected chi connectivity index (χ0v) is 9.16. The number of halogens is 1. The van der Waals surface area contributed by atoms with Crippen molar-refractivity contribution in [3.63, 3.8) is 0 Å². The van der Waals surface area contributed by atoms with Crippen molar-refractivity contribution in [2.24, 2.45) is 5.73 Å². The Kier molecular flexibility index (Phi) is 4.08. The van der Waals surface area contributed by atoms with E-state index in [0.717, 1.165) is 15.6 Å². The first-order chi connectivity index (χ1) is 6.69. The summed E-state index contributed by atoms with van der Waals surface area (Å²) in [6.07, 6.45) is 0.253. The lowest BCUT2D eigenvalue weighted by Crippen LogP contribution is -2.12. The third-order valence-corrected chi connectivity index (χ3v) is 2.48. The number of nitriles is 1. The standard InChI is InChI=1S/C10H11BrN2O/c11-8-2-1-7(6-14)9(5-8)10(13)3-4-12/h1-2,5,10,14H,3,6,13H2/t10-/m0/s1. The van der Waals surface area contributed by atoms with E-state index < -0.39 is 0 Å². The maximum absolute atomic E-state index is 9.07. The van der Waals surface area contributed by atoms with Gasteiger partial charge >= 0.3 is 0 Å². The lowest BCUT2D eigenvalue weighted by Gasteiger charge is -2.12. The Balaban J connectivity index is 3.04. The van der Waals surface area contributed by atoms with Crippen molar-refractivity contribution in [2.75, 3.05) is 0 Å². The van der Waals surface area contributed by atoms with E-state index in [-0.39, 0.29) is 19.1 Å². The second kappa shape index (κ2) is 5.11. The minimum absolute atomic E-state index is 0.0538. The van der Waals surface area contributed by atoms with E-state index in [2.05, 4.69) is 15.9 Å². The highest BCUT2D eigenvalue weighted by molar-refractivity contribution is 9.10. The molecule has 0 aliphatic heterocycles. The molecule has 0 saturated carbocycles. The first-order valence-corrected chi connectivity index (χ1v) is 5.00. The van der Waals surface area contributed by atoms with Gasteiger partial charge < -0.3 is 10.8 Å². The van der Waals surface area contributed by atoms with Crippen molar-refractivity contribution in [2.45, 2.75) is 19.1 Å². The van der Waals surface area contributed by atoms with Gasteiger partial charge in [0.05, 0.1) is 19.1 Å². The van der Waals surface area contributed by atoms with Crippen LogP contribution in [0.1, 0.15) is 23.6 Å². The van der Waals surface area contributed by atoms with Crippen LogP contribution in [0.15, 0.2) is 22.7 Å². The highest BCUT2D eigenvalue weighted by Crippen LogP contribution is 2.23. The molecule has 3 N–H and O–H groups in total. The minimum atomic E-state index is -0.334. The zero-order valence-electron chi connectivity index (χ0n) is 7.57. The molecule has 0 aliphatic rings. The molecule has 0 unspecified atom stereocenters. The molecule has 0 bridgehead atoms. The average molecular weight is 255 g/mol. The summed E-state index contributed by atoms with van der Waals surface area (Å²) in [6, 6.07) is 7.17. The number of rotatable bonds is 3. The number of benzene rings is 1. The largest absolute Gasteiger partial charge is 0.392 e. The van der Waals surface area contributed by atoms with Crippen LogP contribution in [0.25, 0.3) is 0 Å². The van der Waals surface area contributed by atoms with Gasteiger partial charge in [0.25, 0.3) is 0 Å². The zero-order chi connectivity index (χ0) is 10.6. The maximum atomic E-state index is 9.07. The molecule has 0 spiro atoms. The van der Waals surface area contributed by atoms with Crippen molar-refractivity contribution in [3.8, 4) is 6.07 Å². The second-order valence-electron chi connectivity index (χ2n) is 2.97. The van der Waals surface area contributed by atoms with Crippen molar-refractivity contribution < 1.29 is 5.11 Å². The maximum Gasteiger partial charge on any atom is 0.0685 e. The predicted octanol–water partition coefficient (Wildman–Crippen LogP) is 1.85. The second-order valence-corrected chi connectivity index (χ2v) is 3.89. The van der Waals surface area contributed by atoms with Crippen molar-refractivity contribution in [3.05, 3.63) is 33.8 Å². The van der Waals surface area contributed by atoms with Crippen LogP contribution < -0.4 is 5.73 Å². The van der Waals surface area contributed by atoms with Crippen LogP contribution in [0.5, 0.6) is 0 Å². The van der Waals surface area contributed by atoms with Gasteiger partial charge in [-0.1, -0.05) is 22.0 Å². The highest BCUT2D eigenvalue weighted by Gasteiger charge is 2.10. The Morgan fingerprint density at radius 3 is 2.86 bits per heavy atom. The Morgan fingerprint density at radius 2 is 2.29 bits per heavy atom. The molecule has 1 atom stereocenters. The molecule has 1 aromatic carbocycles. The predicted molar refractivity (Wildman–Crippen MR) is 57.2 cm³/mol. The Bertz CT molecular complexity index is 360. The number of hydrogen-bond acceptors (Lipinski definition) is 3. The third kappa shape index (κ3) is 2.55. The number of hydrogen-bond donors (Lipinski definition) is 2. The molecule has 0 amide bonds. The van der Waals surface area contributed by atoms with E-state index in [4.69, 9.17) is 16.1 Å². The normalized spacial score (nSPS) is 12.1. The number of aliphatic hydroxyl groups excluding tert-OH is 1. The van der Waals surface area contributed by atoms with Gasteiger partial charge in [0, 0.05) is 10.5 Å². The van der Waals surface area contributed by atoms with Crippen molar-refractivity contribution in [1.82, 2.24) is 0 Å². The van der Waals surface area contributed by atoms with Crippen LogP contribution in [0.2, 0.25) is 0 Å². The van der Waals surface area contributed by atoms with Gasteiger partial charge in [-0.05, 0) is 23.3 Å². The Morgan fingerprint density at radius 1 is 1.57 bits per heavy atom. The molecule has 0 radical (unpaired) electrons. The molecule has 0 fully saturated rings. The van der Waals surface area contributed by atoms with Gasteiger partial charge in [0.2, 0.25) is 0 Å². The van der Waals surface area contributed by atoms with E-state index in [0.29, 0.717) is 0 Å². The van der Waals surface area contributed by atoms with Crippen molar-refractivity contribution >= 4 is 15.9 Å². The van der Waals surface area contributed by atoms with Gasteiger partial charge in [0.1, 0.15) is 0 Å². The molecule has 0 saturated heterocycles. The van der Waals surface area contributed by atoms with Crippen molar-refractivity contribution in [1.29, 1.82) is 5.26 Å². The third-order valence-electron chi connectivity index (χ3n) is 1.99. The first-order valence-electron chi connectivity index (χ1n) is 4.20. The van der Waals surface area contributed by atoms with Gasteiger partial charge in [-0.15, -0.1) is 0 Å². The average Bonchev–Trinajstić information content (AvgIpc) is 2.18. The fourth-order valence-corrected chi connectivity index (χ4v) is 1.64. The molecule has 1 aromatic rings. The van der Waals surface area contributed by atoms with E-state index in [1.165, 1.54) is 0 Å². The molecule has 0 heterocycles. The summed E-state index contributed by atoms with van der Waals surface area (Å²) in [5.41, 5.74) is 7.39. The Hall–Kier alpha value is -0.890. The van der Waals surface area contributed by atoms with E-state index >= 15 is 0 Å². The summed E-state index contributed by atoms with van der Waals surface area (Å²) in [5.74, 6) is 0. The summed E-state index contributed by atoms with van der Waals surface area (Å²) in [5, 5.41) is 17.6. The minimum Gasteiger partial charge on any atom is -0.392 e. The monoisotopic (exact) mass is 254 g/mol. The van der Waals surface area contributed by atoms with Gasteiger partial charge in [0.15, 0.2) is 0 Å². The lowest BCUT2D eigenvalue weighted by atomic mass is 10.00. The van der Waals surface area contributed by atoms with Crippen LogP contribution in [0.4, 0.5) is 0 Å². The summed E-state index contributed by atoms with van der Waals surface area (Å²) < 4.78 is 0.901. The Labute approximate surface area is 91.3 Å². The smallest absolute Gasteiger partial charge is 0.0685 e. The van der Waals surface area contributed by atoms with Crippen LogP contribution >= 0.6 is 15.9 Å². The van der Waals surface area contributed by atoms with Crippen LogP contribution in [0.3, 0.4) is 0 Å². The van der Waals surface area contributed by atoms with Crippen LogP contribution in [-0.4, -0.2) is 5.11 Å². The van der Waals surface area contributed by atoms with Crippen LogP contribution in [0, 0.1) is 11.3 Å². The fourth-order valence-electron chi connectivity index (χ4n) is 1.26. The van der Waals surface area contributed by atoms with Gasteiger partial charge in [-0.3, -0.25) is 0 Å². The highest BCUT2D eigenvalue weighted by atomic mass is 79.9. The summed E-state index contributed by atoms with van der Waals surface area (Å²) in [6.45, 7) is -0.0538. The lowest BCUT2D eigenvalue weighted by molar-refractivity contribution is 0.280. The molecule has 74 valence electrons. The number of nitrogens with zero attached hydrogens (tertiary/aromatic N) is 1. The summed E-state index contributed by atoms with van der Waals surface area (Å²) >= 11 is 3.32. The summed E-state index contributed by atoms with van der Waals surface area (Å²) in [4.78, 5) is 0. The summed E-state index contributed by atoms with van der Waals surface area (Å²) in [7, 11) is 0. The quantitative estimate of drug-likeness (QED) is 0.865. The van der Waals surface area contributed by atoms with Gasteiger partial charge in [-0.2, -0.15) is 5.26 Å². The number of nitrogens with two attached hydrogens (primary N) is 1. The van der Waals surface area contributed by atoms with Gasteiger partial charge in [-0.25, -0.2) is 0 Å². The van der Waals surface area contributed by atoms with E-state index in [1.54, 1.807) is 6.07 Å². The van der Waals surface area contributed by atoms with Crippen LogP contribution in [-0.2, 0) is 6.61 Å². The molecule has 0 aromatic heterocycles. The number of aliphatic hydroxyl groups is 1. The molecular formula is C10H11BrN2O.